The van der Waals surface area contributed by atoms with E-state index in [0.717, 1.165) is 22.5 Å². The Morgan fingerprint density at radius 1 is 1.22 bits per heavy atom. The van der Waals surface area contributed by atoms with Crippen molar-refractivity contribution in [2.24, 2.45) is 0 Å². The van der Waals surface area contributed by atoms with Crippen LogP contribution in [0.3, 0.4) is 0 Å². The summed E-state index contributed by atoms with van der Waals surface area (Å²) < 4.78 is 3.59. The second kappa shape index (κ2) is 4.67. The number of aliphatic hydroxyl groups is 1. The first kappa shape index (κ1) is 14.6. The van der Waals surface area contributed by atoms with Gasteiger partial charge in [0.15, 0.2) is 0 Å². The predicted octanol–water partition coefficient (Wildman–Crippen LogP) is 3.93. The summed E-state index contributed by atoms with van der Waals surface area (Å²) in [4.78, 5) is 1.30. The van der Waals surface area contributed by atoms with Gasteiger partial charge >= 0.3 is 0 Å². The van der Waals surface area contributed by atoms with E-state index in [-0.39, 0.29) is 16.9 Å². The van der Waals surface area contributed by atoms with Crippen molar-refractivity contribution in [1.29, 1.82) is 0 Å². The molecule has 0 bridgehead atoms. The van der Waals surface area contributed by atoms with Gasteiger partial charge in [-0.25, -0.2) is 0 Å². The molecule has 0 aromatic carbocycles. The van der Waals surface area contributed by atoms with Gasteiger partial charge < -0.3 is 9.67 Å². The van der Waals surface area contributed by atoms with Crippen LogP contribution in [0.15, 0.2) is 15.9 Å². The molecule has 6 heteroatoms. The molecule has 2 aromatic rings. The van der Waals surface area contributed by atoms with Crippen molar-refractivity contribution in [3.63, 3.8) is 0 Å². The van der Waals surface area contributed by atoms with Gasteiger partial charge in [0.05, 0.1) is 15.3 Å². The minimum Gasteiger partial charge on any atom is -0.393 e. The Kier molecular flexibility index (Phi) is 2.97. The summed E-state index contributed by atoms with van der Waals surface area (Å²) in [5.41, 5.74) is 0.0859. The molecule has 4 nitrogen and oxygen atoms in total. The molecule has 0 spiro atoms. The highest BCUT2D eigenvalue weighted by atomic mass is 79.9. The summed E-state index contributed by atoms with van der Waals surface area (Å²) in [6.45, 7) is 2.31. The molecule has 23 heavy (non-hydrogen) atoms. The average Bonchev–Trinajstić information content (AvgIpc) is 3.38. The zero-order valence-corrected chi connectivity index (χ0v) is 15.5. The molecule has 0 amide bonds. The fourth-order valence-corrected chi connectivity index (χ4v) is 5.52. The Morgan fingerprint density at radius 2 is 1.91 bits per heavy atom. The lowest BCUT2D eigenvalue weighted by Crippen LogP contribution is -2.47. The molecule has 0 unspecified atom stereocenters. The van der Waals surface area contributed by atoms with Crippen LogP contribution in [0, 0.1) is 0 Å². The molecule has 2 aromatic heterocycles. The molecule has 3 saturated carbocycles. The first-order valence-corrected chi connectivity index (χ1v) is 10.0. The number of hydrogen-bond donors (Lipinski definition) is 1. The largest absolute Gasteiger partial charge is 0.393 e. The number of aliphatic hydroxyl groups excluding tert-OH is 1. The van der Waals surface area contributed by atoms with Crippen molar-refractivity contribution in [2.45, 2.75) is 68.4 Å². The molecule has 0 aliphatic heterocycles. The number of halogens is 1. The maximum atomic E-state index is 10.1. The Hall–Kier alpha value is -0.720. The predicted molar refractivity (Wildman–Crippen MR) is 92.9 cm³/mol. The van der Waals surface area contributed by atoms with Crippen LogP contribution in [0.1, 0.15) is 68.0 Å². The second-order valence-corrected chi connectivity index (χ2v) is 10.2. The molecule has 3 aliphatic rings. The van der Waals surface area contributed by atoms with Crippen LogP contribution in [0.5, 0.6) is 0 Å². The summed E-state index contributed by atoms with van der Waals surface area (Å²) in [6, 6.07) is 4.86. The molecule has 3 fully saturated rings. The third kappa shape index (κ3) is 2.11. The van der Waals surface area contributed by atoms with Crippen LogP contribution < -0.4 is 0 Å². The van der Waals surface area contributed by atoms with E-state index < -0.39 is 0 Å². The topological polar surface area (TPSA) is 50.9 Å². The van der Waals surface area contributed by atoms with Crippen molar-refractivity contribution < 1.29 is 5.11 Å². The summed E-state index contributed by atoms with van der Waals surface area (Å²) in [5.74, 6) is 2.29. The molecule has 0 saturated heterocycles. The van der Waals surface area contributed by atoms with Gasteiger partial charge in [-0.3, -0.25) is 0 Å². The van der Waals surface area contributed by atoms with Gasteiger partial charge in [0.2, 0.25) is 0 Å². The van der Waals surface area contributed by atoms with Gasteiger partial charge in [0.1, 0.15) is 11.6 Å². The quantitative estimate of drug-likeness (QED) is 0.855. The standard InChI is InChI=1S/C17H20BrN3OS/c1-16(6-7-16)14-19-20-15(21(14)10-2-3-10)17(8-11(22)9-17)12-4-5-13(18)23-12/h4-5,10-11,22H,2-3,6-9H2,1H3/t11-,17+. The first-order valence-electron chi connectivity index (χ1n) is 8.42. The molecular weight excluding hydrogens is 374 g/mol. The van der Waals surface area contributed by atoms with Gasteiger partial charge in [0.25, 0.3) is 0 Å². The summed E-state index contributed by atoms with van der Waals surface area (Å²) in [5, 5.41) is 19.4. The molecular formula is C17H20BrN3OS. The smallest absolute Gasteiger partial charge is 0.145 e. The summed E-state index contributed by atoms with van der Waals surface area (Å²) >= 11 is 5.35. The number of aromatic nitrogens is 3. The number of nitrogens with zero attached hydrogens (tertiary/aromatic N) is 3. The molecule has 2 heterocycles. The Morgan fingerprint density at radius 3 is 2.43 bits per heavy atom. The van der Waals surface area contributed by atoms with Crippen LogP contribution in [0.25, 0.3) is 0 Å². The SMILES string of the molecule is CC1(c2nnc([C@]3(c4ccc(Br)s4)C[C@H](O)C3)n2C2CC2)CC1. The second-order valence-electron chi connectivity index (χ2n) is 7.76. The number of hydrogen-bond acceptors (Lipinski definition) is 4. The number of rotatable bonds is 4. The van der Waals surface area contributed by atoms with Gasteiger partial charge in [0, 0.05) is 16.3 Å². The van der Waals surface area contributed by atoms with Crippen LogP contribution in [-0.4, -0.2) is 26.0 Å². The Labute approximate surface area is 148 Å². The maximum Gasteiger partial charge on any atom is 0.145 e. The third-order valence-corrected chi connectivity index (χ3v) is 7.62. The maximum absolute atomic E-state index is 10.1. The van der Waals surface area contributed by atoms with E-state index in [1.54, 1.807) is 11.3 Å². The normalized spacial score (nSPS) is 31.9. The molecule has 3 aliphatic carbocycles. The van der Waals surface area contributed by atoms with Gasteiger partial charge in [-0.05, 0) is 66.6 Å². The highest BCUT2D eigenvalue weighted by molar-refractivity contribution is 9.11. The fourth-order valence-electron chi connectivity index (χ4n) is 3.93. The Balaban J connectivity index is 1.66. The molecule has 122 valence electrons. The van der Waals surface area contributed by atoms with E-state index in [2.05, 4.69) is 44.7 Å². The van der Waals surface area contributed by atoms with Crippen LogP contribution in [0.4, 0.5) is 0 Å². The van der Waals surface area contributed by atoms with Crippen LogP contribution >= 0.6 is 27.3 Å². The highest BCUT2D eigenvalue weighted by Gasteiger charge is 2.54. The average molecular weight is 394 g/mol. The van der Waals surface area contributed by atoms with Crippen molar-refractivity contribution in [3.8, 4) is 0 Å². The van der Waals surface area contributed by atoms with Gasteiger partial charge in [-0.2, -0.15) is 0 Å². The number of thiophene rings is 1. The lowest BCUT2D eigenvalue weighted by molar-refractivity contribution is 0.0334. The molecule has 0 radical (unpaired) electrons. The van der Waals surface area contributed by atoms with Crippen LogP contribution in [-0.2, 0) is 10.8 Å². The fraction of sp³-hybridized carbons (Fsp3) is 0.647. The van der Waals surface area contributed by atoms with E-state index in [4.69, 9.17) is 5.10 Å². The lowest BCUT2D eigenvalue weighted by atomic mass is 9.65. The minimum absolute atomic E-state index is 0.144. The van der Waals surface area contributed by atoms with E-state index in [1.807, 2.05) is 0 Å². The zero-order valence-electron chi connectivity index (χ0n) is 13.1. The summed E-state index contributed by atoms with van der Waals surface area (Å²) in [6.07, 6.45) is 6.22. The molecule has 0 atom stereocenters. The van der Waals surface area contributed by atoms with E-state index in [9.17, 15) is 5.11 Å². The van der Waals surface area contributed by atoms with Crippen molar-refractivity contribution in [1.82, 2.24) is 14.8 Å². The minimum atomic E-state index is -0.222. The molecule has 1 N–H and O–H groups in total. The van der Waals surface area contributed by atoms with Gasteiger partial charge in [-0.1, -0.05) is 6.92 Å². The lowest BCUT2D eigenvalue weighted by Gasteiger charge is -2.44. The first-order chi connectivity index (χ1) is 11.0. The van der Waals surface area contributed by atoms with E-state index in [1.165, 1.54) is 36.4 Å². The third-order valence-electron chi connectivity index (χ3n) is 5.79. The van der Waals surface area contributed by atoms with E-state index >= 15 is 0 Å². The summed E-state index contributed by atoms with van der Waals surface area (Å²) in [7, 11) is 0. The highest BCUT2D eigenvalue weighted by Crippen LogP contribution is 2.55. The van der Waals surface area contributed by atoms with E-state index in [0.29, 0.717) is 6.04 Å². The van der Waals surface area contributed by atoms with Gasteiger partial charge in [-0.15, -0.1) is 21.5 Å². The van der Waals surface area contributed by atoms with Crippen LogP contribution in [0.2, 0.25) is 0 Å². The van der Waals surface area contributed by atoms with Crippen molar-refractivity contribution >= 4 is 27.3 Å². The molecule has 5 rings (SSSR count). The van der Waals surface area contributed by atoms with Crippen molar-refractivity contribution in [2.75, 3.05) is 0 Å². The Bertz CT molecular complexity index is 769. The van der Waals surface area contributed by atoms with Crippen molar-refractivity contribution in [3.05, 3.63) is 32.4 Å². The zero-order chi connectivity index (χ0) is 15.8. The monoisotopic (exact) mass is 393 g/mol.